The molecule has 17 heavy (non-hydrogen) atoms. The van der Waals surface area contributed by atoms with Gasteiger partial charge in [0, 0.05) is 15.0 Å². The van der Waals surface area contributed by atoms with E-state index in [1.807, 2.05) is 38.1 Å². The summed E-state index contributed by atoms with van der Waals surface area (Å²) in [5.74, 6) is -0.158. The van der Waals surface area contributed by atoms with E-state index in [1.54, 1.807) is 0 Å². The Bertz CT molecular complexity index is 548. The second-order valence-corrected chi connectivity index (χ2v) is 5.92. The van der Waals surface area contributed by atoms with Crippen LogP contribution in [0.5, 0.6) is 0 Å². The Morgan fingerprint density at radius 1 is 1.29 bits per heavy atom. The van der Waals surface area contributed by atoms with Crippen LogP contribution in [-0.4, -0.2) is 10.9 Å². The zero-order chi connectivity index (χ0) is 12.4. The molecule has 0 aliphatic carbocycles. The molecule has 88 valence electrons. The molecule has 0 radical (unpaired) electrons. The molecule has 0 bridgehead atoms. The fourth-order valence-corrected chi connectivity index (χ4v) is 2.54. The summed E-state index contributed by atoms with van der Waals surface area (Å²) < 4.78 is 0.983. The molecular formula is C12H11BrN2OS. The van der Waals surface area contributed by atoms with Crippen LogP contribution in [0.2, 0.25) is 0 Å². The highest BCUT2D eigenvalue weighted by atomic mass is 79.9. The van der Waals surface area contributed by atoms with Crippen LogP contribution in [0.1, 0.15) is 20.4 Å². The average molecular weight is 311 g/mol. The highest BCUT2D eigenvalue weighted by Crippen LogP contribution is 2.19. The van der Waals surface area contributed by atoms with Crippen molar-refractivity contribution in [1.82, 2.24) is 4.98 Å². The maximum atomic E-state index is 12.0. The van der Waals surface area contributed by atoms with Gasteiger partial charge in [0.05, 0.1) is 5.01 Å². The van der Waals surface area contributed by atoms with Crippen molar-refractivity contribution >= 4 is 38.9 Å². The van der Waals surface area contributed by atoms with Gasteiger partial charge in [0.2, 0.25) is 0 Å². The van der Waals surface area contributed by atoms with E-state index in [4.69, 9.17) is 0 Å². The number of aryl methyl sites for hydroxylation is 2. The molecule has 5 heteroatoms. The largest absolute Gasteiger partial charge is 0.321 e. The van der Waals surface area contributed by atoms with E-state index >= 15 is 0 Å². The van der Waals surface area contributed by atoms with Gasteiger partial charge < -0.3 is 5.32 Å². The van der Waals surface area contributed by atoms with Crippen molar-refractivity contribution in [1.29, 1.82) is 0 Å². The number of nitrogens with zero attached hydrogens (tertiary/aromatic N) is 1. The van der Waals surface area contributed by atoms with Crippen molar-refractivity contribution in [2.75, 3.05) is 5.32 Å². The van der Waals surface area contributed by atoms with E-state index in [0.717, 1.165) is 20.0 Å². The number of hydrogen-bond acceptors (Lipinski definition) is 3. The minimum Gasteiger partial charge on any atom is -0.321 e. The molecule has 0 saturated heterocycles. The lowest BCUT2D eigenvalue weighted by atomic mass is 10.3. The summed E-state index contributed by atoms with van der Waals surface area (Å²) >= 11 is 4.88. The van der Waals surface area contributed by atoms with Crippen LogP contribution in [-0.2, 0) is 0 Å². The molecule has 2 aromatic rings. The number of nitrogens with one attached hydrogen (secondary N) is 1. The summed E-state index contributed by atoms with van der Waals surface area (Å²) in [6, 6.07) is 7.45. The monoisotopic (exact) mass is 310 g/mol. The molecule has 3 nitrogen and oxygen atoms in total. The molecule has 0 aliphatic heterocycles. The maximum Gasteiger partial charge on any atom is 0.275 e. The summed E-state index contributed by atoms with van der Waals surface area (Å²) in [7, 11) is 0. The van der Waals surface area contributed by atoms with Crippen molar-refractivity contribution in [2.24, 2.45) is 0 Å². The number of hydrogen-bond donors (Lipinski definition) is 1. The summed E-state index contributed by atoms with van der Waals surface area (Å²) in [6.07, 6.45) is 0. The average Bonchev–Trinajstić information content (AvgIpc) is 2.61. The van der Waals surface area contributed by atoms with E-state index in [9.17, 15) is 4.79 Å². The Morgan fingerprint density at radius 2 is 1.94 bits per heavy atom. The van der Waals surface area contributed by atoms with Gasteiger partial charge in [0.15, 0.2) is 0 Å². The first-order valence-corrected chi connectivity index (χ1v) is 6.68. The molecular weight excluding hydrogens is 300 g/mol. The van der Waals surface area contributed by atoms with Crippen molar-refractivity contribution in [3.05, 3.63) is 44.3 Å². The van der Waals surface area contributed by atoms with E-state index in [1.165, 1.54) is 11.3 Å². The summed E-state index contributed by atoms with van der Waals surface area (Å²) in [4.78, 5) is 17.1. The number of benzene rings is 1. The fraction of sp³-hybridized carbons (Fsp3) is 0.167. The van der Waals surface area contributed by atoms with Gasteiger partial charge in [-0.3, -0.25) is 4.79 Å². The van der Waals surface area contributed by atoms with Gasteiger partial charge in [-0.2, -0.15) is 0 Å². The Labute approximate surface area is 112 Å². The Morgan fingerprint density at radius 3 is 2.47 bits per heavy atom. The van der Waals surface area contributed by atoms with Crippen LogP contribution in [0, 0.1) is 13.8 Å². The molecule has 1 heterocycles. The predicted octanol–water partition coefficient (Wildman–Crippen LogP) is 3.77. The molecule has 0 unspecified atom stereocenters. The zero-order valence-corrected chi connectivity index (χ0v) is 11.9. The third-order valence-corrected chi connectivity index (χ3v) is 3.64. The molecule has 1 amide bonds. The van der Waals surface area contributed by atoms with E-state index in [2.05, 4.69) is 26.2 Å². The van der Waals surface area contributed by atoms with Gasteiger partial charge in [0.25, 0.3) is 5.91 Å². The summed E-state index contributed by atoms with van der Waals surface area (Å²) in [5.41, 5.74) is 1.28. The Hall–Kier alpha value is -1.20. The fourth-order valence-electron chi connectivity index (χ4n) is 1.46. The van der Waals surface area contributed by atoms with Crippen molar-refractivity contribution < 1.29 is 4.79 Å². The molecule has 0 fully saturated rings. The SMILES string of the molecule is Cc1nc(C(=O)Nc2ccc(Br)cc2)c(C)s1. The maximum absolute atomic E-state index is 12.0. The van der Waals surface area contributed by atoms with Crippen molar-refractivity contribution in [3.8, 4) is 0 Å². The Balaban J connectivity index is 2.17. The van der Waals surface area contributed by atoms with Gasteiger partial charge in [0.1, 0.15) is 5.69 Å². The Kier molecular flexibility index (Phi) is 3.59. The van der Waals surface area contributed by atoms with Crippen LogP contribution in [0.3, 0.4) is 0 Å². The molecule has 1 aromatic heterocycles. The van der Waals surface area contributed by atoms with Crippen LogP contribution in [0.25, 0.3) is 0 Å². The quantitative estimate of drug-likeness (QED) is 0.917. The molecule has 1 aromatic carbocycles. The van der Waals surface area contributed by atoms with E-state index in [-0.39, 0.29) is 5.91 Å². The van der Waals surface area contributed by atoms with Gasteiger partial charge in [-0.25, -0.2) is 4.98 Å². The number of carbonyl (C=O) groups excluding carboxylic acids is 1. The summed E-state index contributed by atoms with van der Waals surface area (Å²) in [5, 5.41) is 3.73. The molecule has 0 saturated carbocycles. The molecule has 2 rings (SSSR count). The number of halogens is 1. The van der Waals surface area contributed by atoms with Gasteiger partial charge in [-0.1, -0.05) is 15.9 Å². The predicted molar refractivity (Wildman–Crippen MR) is 73.7 cm³/mol. The van der Waals surface area contributed by atoms with Crippen LogP contribution >= 0.6 is 27.3 Å². The van der Waals surface area contributed by atoms with Crippen molar-refractivity contribution in [2.45, 2.75) is 13.8 Å². The number of amides is 1. The van der Waals surface area contributed by atoms with Gasteiger partial charge in [-0.05, 0) is 38.1 Å². The second-order valence-electron chi connectivity index (χ2n) is 3.60. The minimum absolute atomic E-state index is 0.158. The first-order chi connectivity index (χ1) is 8.06. The van der Waals surface area contributed by atoms with E-state index < -0.39 is 0 Å². The third kappa shape index (κ3) is 2.92. The number of thiazole rings is 1. The lowest BCUT2D eigenvalue weighted by Gasteiger charge is -2.03. The van der Waals surface area contributed by atoms with Crippen LogP contribution < -0.4 is 5.32 Å². The normalized spacial score (nSPS) is 10.3. The minimum atomic E-state index is -0.158. The molecule has 1 N–H and O–H groups in total. The van der Waals surface area contributed by atoms with E-state index in [0.29, 0.717) is 5.69 Å². The summed E-state index contributed by atoms with van der Waals surface area (Å²) in [6.45, 7) is 3.80. The highest BCUT2D eigenvalue weighted by Gasteiger charge is 2.13. The first-order valence-electron chi connectivity index (χ1n) is 5.07. The van der Waals surface area contributed by atoms with Crippen molar-refractivity contribution in [3.63, 3.8) is 0 Å². The number of carbonyl (C=O) groups is 1. The zero-order valence-electron chi connectivity index (χ0n) is 9.45. The topological polar surface area (TPSA) is 42.0 Å². The highest BCUT2D eigenvalue weighted by molar-refractivity contribution is 9.10. The molecule has 0 spiro atoms. The number of aromatic nitrogens is 1. The second kappa shape index (κ2) is 4.98. The van der Waals surface area contributed by atoms with Crippen LogP contribution in [0.15, 0.2) is 28.7 Å². The molecule has 0 atom stereocenters. The smallest absolute Gasteiger partial charge is 0.275 e. The van der Waals surface area contributed by atoms with Gasteiger partial charge >= 0.3 is 0 Å². The lowest BCUT2D eigenvalue weighted by Crippen LogP contribution is -2.13. The molecule has 0 aliphatic rings. The standard InChI is InChI=1S/C12H11BrN2OS/c1-7-11(14-8(2)17-7)12(16)15-10-5-3-9(13)4-6-10/h3-6H,1-2H3,(H,15,16). The first kappa shape index (κ1) is 12.3. The van der Waals surface area contributed by atoms with Gasteiger partial charge in [-0.15, -0.1) is 11.3 Å². The third-order valence-electron chi connectivity index (χ3n) is 2.22. The number of rotatable bonds is 2. The van der Waals surface area contributed by atoms with Crippen LogP contribution in [0.4, 0.5) is 5.69 Å². The lowest BCUT2D eigenvalue weighted by molar-refractivity contribution is 0.102. The number of anilines is 1.